The lowest BCUT2D eigenvalue weighted by molar-refractivity contribution is -0.133. The quantitative estimate of drug-likeness (QED) is 0.812. The lowest BCUT2D eigenvalue weighted by Crippen LogP contribution is -2.42. The van der Waals surface area contributed by atoms with Crippen molar-refractivity contribution in [2.45, 2.75) is 62.8 Å². The standard InChI is InChI=1S/C14H23N3O3S/c1-13(2,3)17-10(8-14(20-4)6-5-7-14)15-16-12(17)21-9-11(18)19/h5-9H2,1-4H3,(H,18,19). The number of carbonyl (C=O) groups is 1. The largest absolute Gasteiger partial charge is 0.481 e. The van der Waals surface area contributed by atoms with Crippen molar-refractivity contribution in [2.24, 2.45) is 0 Å². The highest BCUT2D eigenvalue weighted by atomic mass is 32.2. The molecule has 0 aliphatic heterocycles. The third-order valence-electron chi connectivity index (χ3n) is 3.87. The Balaban J connectivity index is 2.26. The molecule has 1 aromatic heterocycles. The topological polar surface area (TPSA) is 77.2 Å². The van der Waals surface area contributed by atoms with Crippen LogP contribution in [0.4, 0.5) is 0 Å². The van der Waals surface area contributed by atoms with Gasteiger partial charge in [0.25, 0.3) is 0 Å². The highest BCUT2D eigenvalue weighted by Gasteiger charge is 2.39. The molecule has 0 unspecified atom stereocenters. The summed E-state index contributed by atoms with van der Waals surface area (Å²) in [6.07, 6.45) is 3.98. The maximum atomic E-state index is 10.8. The average Bonchev–Trinajstić information content (AvgIpc) is 2.73. The first-order chi connectivity index (χ1) is 9.77. The lowest BCUT2D eigenvalue weighted by Gasteiger charge is -2.40. The van der Waals surface area contributed by atoms with Gasteiger partial charge in [0.2, 0.25) is 0 Å². The molecule has 1 aliphatic carbocycles. The number of methoxy groups -OCH3 is 1. The van der Waals surface area contributed by atoms with Crippen LogP contribution in [0.2, 0.25) is 0 Å². The number of carboxylic acids is 1. The summed E-state index contributed by atoms with van der Waals surface area (Å²) in [5, 5.41) is 18.0. The minimum absolute atomic E-state index is 0.0103. The molecule has 1 fully saturated rings. The molecule has 0 spiro atoms. The molecule has 1 heterocycles. The molecule has 2 rings (SSSR count). The third-order valence-corrected chi connectivity index (χ3v) is 4.79. The van der Waals surface area contributed by atoms with Crippen molar-refractivity contribution in [3.63, 3.8) is 0 Å². The van der Waals surface area contributed by atoms with E-state index in [-0.39, 0.29) is 16.9 Å². The Kier molecular flexibility index (Phi) is 4.63. The van der Waals surface area contributed by atoms with Crippen LogP contribution in [0.15, 0.2) is 5.16 Å². The van der Waals surface area contributed by atoms with E-state index in [4.69, 9.17) is 9.84 Å². The number of carboxylic acid groups (broad SMARTS) is 1. The van der Waals surface area contributed by atoms with Gasteiger partial charge in [-0.05, 0) is 40.0 Å². The second kappa shape index (κ2) is 5.96. The summed E-state index contributed by atoms with van der Waals surface area (Å²) in [5.74, 6) is 0.0122. The first-order valence-corrected chi connectivity index (χ1v) is 8.10. The van der Waals surface area contributed by atoms with Gasteiger partial charge in [0.05, 0.1) is 11.4 Å². The maximum absolute atomic E-state index is 10.8. The molecule has 0 saturated heterocycles. The van der Waals surface area contributed by atoms with Gasteiger partial charge >= 0.3 is 5.97 Å². The summed E-state index contributed by atoms with van der Waals surface area (Å²) in [4.78, 5) is 10.8. The van der Waals surface area contributed by atoms with Crippen molar-refractivity contribution in [1.29, 1.82) is 0 Å². The van der Waals surface area contributed by atoms with E-state index in [9.17, 15) is 4.79 Å². The van der Waals surface area contributed by atoms with Crippen LogP contribution in [-0.4, -0.2) is 44.3 Å². The van der Waals surface area contributed by atoms with Crippen molar-refractivity contribution < 1.29 is 14.6 Å². The van der Waals surface area contributed by atoms with Crippen LogP contribution in [0.5, 0.6) is 0 Å². The van der Waals surface area contributed by atoms with E-state index in [2.05, 4.69) is 31.0 Å². The molecule has 1 N–H and O–H groups in total. The molecule has 0 amide bonds. The van der Waals surface area contributed by atoms with Gasteiger partial charge < -0.3 is 14.4 Å². The number of ether oxygens (including phenoxy) is 1. The highest BCUT2D eigenvalue weighted by molar-refractivity contribution is 7.99. The van der Waals surface area contributed by atoms with E-state index < -0.39 is 5.97 Å². The molecule has 0 atom stereocenters. The van der Waals surface area contributed by atoms with Crippen molar-refractivity contribution in [1.82, 2.24) is 14.8 Å². The van der Waals surface area contributed by atoms with E-state index >= 15 is 0 Å². The van der Waals surface area contributed by atoms with Crippen molar-refractivity contribution >= 4 is 17.7 Å². The minimum atomic E-state index is -0.850. The molecular formula is C14H23N3O3S. The van der Waals surface area contributed by atoms with Gasteiger partial charge in [0.15, 0.2) is 5.16 Å². The van der Waals surface area contributed by atoms with Crippen molar-refractivity contribution in [3.05, 3.63) is 5.82 Å². The van der Waals surface area contributed by atoms with Crippen LogP contribution < -0.4 is 0 Å². The van der Waals surface area contributed by atoms with Crippen LogP contribution in [-0.2, 0) is 21.5 Å². The molecule has 118 valence electrons. The van der Waals surface area contributed by atoms with Gasteiger partial charge in [-0.15, -0.1) is 10.2 Å². The maximum Gasteiger partial charge on any atom is 0.313 e. The van der Waals surface area contributed by atoms with Crippen LogP contribution in [0, 0.1) is 0 Å². The van der Waals surface area contributed by atoms with Crippen molar-refractivity contribution in [2.75, 3.05) is 12.9 Å². The number of nitrogens with zero attached hydrogens (tertiary/aromatic N) is 3. The summed E-state index contributed by atoms with van der Waals surface area (Å²) in [7, 11) is 1.75. The van der Waals surface area contributed by atoms with E-state index in [0.717, 1.165) is 25.1 Å². The monoisotopic (exact) mass is 313 g/mol. The Morgan fingerprint density at radius 3 is 2.52 bits per heavy atom. The summed E-state index contributed by atoms with van der Waals surface area (Å²) in [6, 6.07) is 0. The number of thioether (sulfide) groups is 1. The van der Waals surface area contributed by atoms with Crippen LogP contribution >= 0.6 is 11.8 Å². The van der Waals surface area contributed by atoms with Gasteiger partial charge in [0, 0.05) is 19.1 Å². The lowest BCUT2D eigenvalue weighted by atomic mass is 9.77. The number of rotatable bonds is 6. The molecule has 1 aromatic rings. The Labute approximate surface area is 129 Å². The zero-order chi connectivity index (χ0) is 15.7. The van der Waals surface area contributed by atoms with Gasteiger partial charge in [0.1, 0.15) is 5.82 Å². The van der Waals surface area contributed by atoms with Crippen LogP contribution in [0.3, 0.4) is 0 Å². The third kappa shape index (κ3) is 3.58. The highest BCUT2D eigenvalue weighted by Crippen LogP contribution is 2.39. The molecule has 0 radical (unpaired) electrons. The summed E-state index contributed by atoms with van der Waals surface area (Å²) in [5.41, 5.74) is -0.316. The van der Waals surface area contributed by atoms with E-state index in [1.165, 1.54) is 18.2 Å². The fourth-order valence-electron chi connectivity index (χ4n) is 2.62. The van der Waals surface area contributed by atoms with Gasteiger partial charge in [-0.1, -0.05) is 11.8 Å². The normalized spacial score (nSPS) is 17.5. The molecule has 6 nitrogen and oxygen atoms in total. The van der Waals surface area contributed by atoms with Crippen LogP contribution in [0.25, 0.3) is 0 Å². The first kappa shape index (κ1) is 16.3. The molecule has 7 heteroatoms. The average molecular weight is 313 g/mol. The molecule has 1 aliphatic rings. The number of aliphatic carboxylic acids is 1. The van der Waals surface area contributed by atoms with Gasteiger partial charge in [-0.3, -0.25) is 4.79 Å². The minimum Gasteiger partial charge on any atom is -0.481 e. The second-order valence-electron chi connectivity index (χ2n) is 6.50. The number of hydrogen-bond acceptors (Lipinski definition) is 5. The summed E-state index contributed by atoms with van der Waals surface area (Å²) < 4.78 is 7.71. The van der Waals surface area contributed by atoms with Gasteiger partial charge in [-0.25, -0.2) is 0 Å². The number of hydrogen-bond donors (Lipinski definition) is 1. The smallest absolute Gasteiger partial charge is 0.313 e. The molecule has 0 aromatic carbocycles. The molecular weight excluding hydrogens is 290 g/mol. The molecule has 1 saturated carbocycles. The van der Waals surface area contributed by atoms with Crippen molar-refractivity contribution in [3.8, 4) is 0 Å². The fourth-order valence-corrected chi connectivity index (χ4v) is 3.48. The SMILES string of the molecule is COC1(Cc2nnc(SCC(=O)O)n2C(C)(C)C)CCC1. The van der Waals surface area contributed by atoms with E-state index in [1.807, 2.05) is 4.57 Å². The van der Waals surface area contributed by atoms with Crippen LogP contribution in [0.1, 0.15) is 45.9 Å². The Bertz CT molecular complexity index is 513. The Morgan fingerprint density at radius 2 is 2.10 bits per heavy atom. The Hall–Kier alpha value is -1.08. The summed E-state index contributed by atoms with van der Waals surface area (Å²) in [6.45, 7) is 6.22. The molecule has 0 bridgehead atoms. The zero-order valence-electron chi connectivity index (χ0n) is 13.0. The number of aromatic nitrogens is 3. The zero-order valence-corrected chi connectivity index (χ0v) is 13.9. The fraction of sp³-hybridized carbons (Fsp3) is 0.786. The van der Waals surface area contributed by atoms with E-state index in [1.54, 1.807) is 7.11 Å². The first-order valence-electron chi connectivity index (χ1n) is 7.12. The second-order valence-corrected chi connectivity index (χ2v) is 7.45. The summed E-state index contributed by atoms with van der Waals surface area (Å²) >= 11 is 1.21. The van der Waals surface area contributed by atoms with E-state index in [0.29, 0.717) is 5.16 Å². The van der Waals surface area contributed by atoms with Gasteiger partial charge in [-0.2, -0.15) is 0 Å². The molecule has 21 heavy (non-hydrogen) atoms. The Morgan fingerprint density at radius 1 is 1.43 bits per heavy atom. The predicted molar refractivity (Wildman–Crippen MR) is 80.7 cm³/mol. The predicted octanol–water partition coefficient (Wildman–Crippen LogP) is 2.32.